The summed E-state index contributed by atoms with van der Waals surface area (Å²) < 4.78 is 31.6. The Morgan fingerprint density at radius 3 is 2.43 bits per heavy atom. The van der Waals surface area contributed by atoms with E-state index in [4.69, 9.17) is 0 Å². The number of nitrogens with zero attached hydrogens (tertiary/aromatic N) is 3. The summed E-state index contributed by atoms with van der Waals surface area (Å²) in [4.78, 5) is 14.4. The van der Waals surface area contributed by atoms with Crippen molar-refractivity contribution in [2.24, 2.45) is 4.40 Å². The zero-order valence-corrected chi connectivity index (χ0v) is 20.7. The van der Waals surface area contributed by atoms with E-state index in [1.807, 2.05) is 24.3 Å². The van der Waals surface area contributed by atoms with Gasteiger partial charge < -0.3 is 10.4 Å². The Hall–Kier alpha value is -4.11. The molecule has 3 heterocycles. The van der Waals surface area contributed by atoms with Crippen LogP contribution in [0.3, 0.4) is 0 Å². The number of aromatic hydroxyl groups is 1. The maximum absolute atomic E-state index is 14.3. The predicted octanol–water partition coefficient (Wildman–Crippen LogP) is 4.71. The molecule has 0 saturated heterocycles. The lowest BCUT2D eigenvalue weighted by atomic mass is 9.70. The molecule has 1 aliphatic carbocycles. The van der Waals surface area contributed by atoms with Gasteiger partial charge in [0.1, 0.15) is 16.2 Å². The molecular weight excluding hydrogens is 488 g/mol. The van der Waals surface area contributed by atoms with Crippen LogP contribution in [0, 0.1) is 0 Å². The van der Waals surface area contributed by atoms with Crippen LogP contribution in [0.2, 0.25) is 0 Å². The molecule has 0 amide bonds. The van der Waals surface area contributed by atoms with Crippen molar-refractivity contribution in [1.29, 1.82) is 0 Å². The van der Waals surface area contributed by atoms with Crippen molar-refractivity contribution in [3.63, 3.8) is 0 Å². The monoisotopic (exact) mass is 512 g/mol. The highest BCUT2D eigenvalue weighted by molar-refractivity contribution is 7.90. The van der Waals surface area contributed by atoms with Crippen molar-refractivity contribution < 1.29 is 13.5 Å². The number of aromatic nitrogens is 1. The van der Waals surface area contributed by atoms with Crippen molar-refractivity contribution in [3.05, 3.63) is 94.3 Å². The molecule has 1 saturated carbocycles. The number of hydrogen-bond acceptors (Lipinski definition) is 6. The molecule has 0 unspecified atom stereocenters. The van der Waals surface area contributed by atoms with Crippen LogP contribution in [0.4, 0.5) is 11.4 Å². The molecule has 7 rings (SSSR count). The SMILES string of the molecule is O=c1c(C2=NS(=O)(=O)c3ccccc3N2)c(O)c2ccccc2n1N1c2ccccc2C12CCCCC2. The first-order valence-corrected chi connectivity index (χ1v) is 13.8. The predicted molar refractivity (Wildman–Crippen MR) is 143 cm³/mol. The van der Waals surface area contributed by atoms with Crippen LogP contribution < -0.4 is 15.9 Å². The van der Waals surface area contributed by atoms with Gasteiger partial charge in [-0.2, -0.15) is 8.42 Å². The highest BCUT2D eigenvalue weighted by atomic mass is 32.2. The summed E-state index contributed by atoms with van der Waals surface area (Å²) in [5.74, 6) is -0.489. The molecule has 8 nitrogen and oxygen atoms in total. The summed E-state index contributed by atoms with van der Waals surface area (Å²) in [5.41, 5.74) is 1.96. The third-order valence-electron chi connectivity index (χ3n) is 7.82. The van der Waals surface area contributed by atoms with Crippen LogP contribution in [0.25, 0.3) is 10.9 Å². The minimum absolute atomic E-state index is 0.0252. The van der Waals surface area contributed by atoms with Gasteiger partial charge in [0.25, 0.3) is 15.6 Å². The average Bonchev–Trinajstić information content (AvgIpc) is 2.91. The van der Waals surface area contributed by atoms with Crippen LogP contribution >= 0.6 is 0 Å². The minimum atomic E-state index is -4.07. The van der Waals surface area contributed by atoms with Crippen LogP contribution in [-0.4, -0.2) is 24.0 Å². The van der Waals surface area contributed by atoms with E-state index in [-0.39, 0.29) is 27.6 Å². The molecule has 0 atom stereocenters. The molecular formula is C28H24N4O4S. The molecule has 0 radical (unpaired) electrons. The molecule has 186 valence electrons. The molecule has 2 aliphatic heterocycles. The lowest BCUT2D eigenvalue weighted by Gasteiger charge is -2.57. The van der Waals surface area contributed by atoms with Crippen LogP contribution in [0.15, 0.2) is 86.9 Å². The van der Waals surface area contributed by atoms with Gasteiger partial charge in [-0.3, -0.25) is 9.80 Å². The first kappa shape index (κ1) is 22.1. The molecule has 1 aromatic heterocycles. The second-order valence-corrected chi connectivity index (χ2v) is 11.4. The van der Waals surface area contributed by atoms with Gasteiger partial charge >= 0.3 is 0 Å². The van der Waals surface area contributed by atoms with Crippen molar-refractivity contribution in [3.8, 4) is 5.75 Å². The smallest absolute Gasteiger partial charge is 0.286 e. The standard InChI is InChI=1S/C28H24N4O4S/c33-25-18-10-2-5-13-21(18)31(32-22-14-6-3-11-19(22)28(32)16-8-1-9-17-28)27(34)24(25)26-29-20-12-4-7-15-23(20)37(35,36)30-26/h2-7,10-15,33H,1,8-9,16-17H2,(H,29,30). The van der Waals surface area contributed by atoms with Crippen LogP contribution in [0.5, 0.6) is 5.75 Å². The Morgan fingerprint density at radius 1 is 0.892 bits per heavy atom. The number of para-hydroxylation sites is 3. The Labute approximate surface area is 213 Å². The summed E-state index contributed by atoms with van der Waals surface area (Å²) in [6.07, 6.45) is 5.05. The van der Waals surface area contributed by atoms with E-state index in [0.29, 0.717) is 16.6 Å². The van der Waals surface area contributed by atoms with Gasteiger partial charge in [0.15, 0.2) is 5.84 Å². The van der Waals surface area contributed by atoms with Gasteiger partial charge in [-0.05, 0) is 43.2 Å². The largest absolute Gasteiger partial charge is 0.506 e. The van der Waals surface area contributed by atoms with E-state index >= 15 is 0 Å². The zero-order valence-electron chi connectivity index (χ0n) is 19.9. The van der Waals surface area contributed by atoms with Crippen LogP contribution in [-0.2, 0) is 15.6 Å². The highest BCUT2D eigenvalue weighted by Gasteiger charge is 2.52. The number of hydrogen-bond donors (Lipinski definition) is 2. The van der Waals surface area contributed by atoms with Crippen molar-refractivity contribution >= 4 is 38.1 Å². The van der Waals surface area contributed by atoms with Gasteiger partial charge in [-0.25, -0.2) is 4.68 Å². The second kappa shape index (κ2) is 7.69. The lowest BCUT2D eigenvalue weighted by Crippen LogP contribution is -2.61. The summed E-state index contributed by atoms with van der Waals surface area (Å²) in [5, 5.41) is 16.8. The molecule has 4 aromatic rings. The summed E-state index contributed by atoms with van der Waals surface area (Å²) in [6.45, 7) is 0. The van der Waals surface area contributed by atoms with Gasteiger partial charge in [0.05, 0.1) is 22.4 Å². The topological polar surface area (TPSA) is 104 Å². The number of amidine groups is 1. The molecule has 3 aliphatic rings. The lowest BCUT2D eigenvalue weighted by molar-refractivity contribution is 0.231. The first-order valence-electron chi connectivity index (χ1n) is 12.4. The average molecular weight is 513 g/mol. The zero-order chi connectivity index (χ0) is 25.4. The van der Waals surface area contributed by atoms with Gasteiger partial charge in [0.2, 0.25) is 0 Å². The maximum atomic E-state index is 14.3. The fraction of sp³-hybridized carbons (Fsp3) is 0.214. The summed E-state index contributed by atoms with van der Waals surface area (Å²) in [7, 11) is -4.07. The minimum Gasteiger partial charge on any atom is -0.506 e. The fourth-order valence-electron chi connectivity index (χ4n) is 6.21. The number of benzene rings is 3. The normalized spacial score (nSPS) is 18.9. The van der Waals surface area contributed by atoms with Gasteiger partial charge in [-0.1, -0.05) is 61.7 Å². The third kappa shape index (κ3) is 2.97. The van der Waals surface area contributed by atoms with Crippen molar-refractivity contribution in [2.75, 3.05) is 10.3 Å². The van der Waals surface area contributed by atoms with Crippen molar-refractivity contribution in [1.82, 2.24) is 4.68 Å². The van der Waals surface area contributed by atoms with Gasteiger partial charge in [0, 0.05) is 10.9 Å². The number of nitrogens with one attached hydrogen (secondary N) is 1. The molecule has 1 spiro atoms. The number of sulfonamides is 1. The van der Waals surface area contributed by atoms with E-state index in [0.717, 1.165) is 37.8 Å². The Balaban J connectivity index is 1.52. The molecule has 2 N–H and O–H groups in total. The Bertz CT molecular complexity index is 1800. The molecule has 0 bridgehead atoms. The Kier molecular flexibility index (Phi) is 4.60. The number of pyridine rings is 1. The summed E-state index contributed by atoms with van der Waals surface area (Å²) in [6, 6.07) is 21.6. The van der Waals surface area contributed by atoms with E-state index in [9.17, 15) is 18.3 Å². The Morgan fingerprint density at radius 2 is 1.59 bits per heavy atom. The molecule has 3 aromatic carbocycles. The summed E-state index contributed by atoms with van der Waals surface area (Å²) >= 11 is 0. The van der Waals surface area contributed by atoms with E-state index in [1.54, 1.807) is 41.1 Å². The highest BCUT2D eigenvalue weighted by Crippen LogP contribution is 2.55. The van der Waals surface area contributed by atoms with Crippen LogP contribution in [0.1, 0.15) is 43.2 Å². The molecule has 1 fully saturated rings. The van der Waals surface area contributed by atoms with Gasteiger partial charge in [-0.15, -0.1) is 4.40 Å². The maximum Gasteiger partial charge on any atom is 0.286 e. The number of anilines is 2. The van der Waals surface area contributed by atoms with Crippen molar-refractivity contribution in [2.45, 2.75) is 42.5 Å². The fourth-order valence-corrected chi connectivity index (χ4v) is 7.33. The van der Waals surface area contributed by atoms with E-state index in [2.05, 4.69) is 20.8 Å². The van der Waals surface area contributed by atoms with E-state index in [1.165, 1.54) is 11.6 Å². The quantitative estimate of drug-likeness (QED) is 0.403. The second-order valence-electron chi connectivity index (χ2n) is 9.82. The number of fused-ring (bicyclic) bond motifs is 4. The third-order valence-corrected chi connectivity index (χ3v) is 9.15. The van der Waals surface area contributed by atoms with E-state index < -0.39 is 15.6 Å². The number of rotatable bonds is 2. The first-order chi connectivity index (χ1) is 17.9. The molecule has 37 heavy (non-hydrogen) atoms. The molecule has 9 heteroatoms.